The quantitative estimate of drug-likeness (QED) is 0.718. The molecule has 1 unspecified atom stereocenters. The van der Waals surface area contributed by atoms with Gasteiger partial charge in [0.1, 0.15) is 0 Å². The topological polar surface area (TPSA) is 104 Å². The lowest BCUT2D eigenvalue weighted by Gasteiger charge is -2.35. The second-order valence-corrected chi connectivity index (χ2v) is 6.12. The predicted octanol–water partition coefficient (Wildman–Crippen LogP) is 1.41. The molecular weight excluding hydrogens is 353 g/mol. The van der Waals surface area contributed by atoms with Gasteiger partial charge in [0, 0.05) is 18.3 Å². The van der Waals surface area contributed by atoms with Crippen LogP contribution >= 0.6 is 24.8 Å². The maximum absolute atomic E-state index is 12.4. The van der Waals surface area contributed by atoms with E-state index in [1.54, 1.807) is 6.20 Å². The van der Waals surface area contributed by atoms with E-state index < -0.39 is 6.04 Å². The molecule has 2 amide bonds. The molecule has 138 valence electrons. The van der Waals surface area contributed by atoms with Gasteiger partial charge in [0.05, 0.1) is 24.8 Å². The van der Waals surface area contributed by atoms with Crippen molar-refractivity contribution in [1.82, 2.24) is 20.4 Å². The highest BCUT2D eigenvalue weighted by Crippen LogP contribution is 2.30. The van der Waals surface area contributed by atoms with Gasteiger partial charge >= 0.3 is 0 Å². The third-order valence-electron chi connectivity index (χ3n) is 4.16. The van der Waals surface area contributed by atoms with Gasteiger partial charge in [-0.25, -0.2) is 0 Å². The summed E-state index contributed by atoms with van der Waals surface area (Å²) < 4.78 is 0. The van der Waals surface area contributed by atoms with Gasteiger partial charge < -0.3 is 16.0 Å². The summed E-state index contributed by atoms with van der Waals surface area (Å²) in [5.41, 5.74) is 6.79. The average Bonchev–Trinajstić information content (AvgIpc) is 3.05. The number of piperidine rings is 1. The summed E-state index contributed by atoms with van der Waals surface area (Å²) in [6.07, 6.45) is 6.57. The molecule has 0 aromatic carbocycles. The monoisotopic (exact) mass is 379 g/mol. The lowest BCUT2D eigenvalue weighted by atomic mass is 9.97. The van der Waals surface area contributed by atoms with Crippen LogP contribution in [0, 0.1) is 5.92 Å². The molecule has 24 heavy (non-hydrogen) atoms. The fourth-order valence-electron chi connectivity index (χ4n) is 2.70. The number of hydrogen-bond donors (Lipinski definition) is 3. The van der Waals surface area contributed by atoms with Crippen molar-refractivity contribution in [2.45, 2.75) is 45.2 Å². The van der Waals surface area contributed by atoms with Crippen LogP contribution in [0.4, 0.5) is 0 Å². The lowest BCUT2D eigenvalue weighted by molar-refractivity contribution is -0.136. The van der Waals surface area contributed by atoms with Crippen molar-refractivity contribution >= 4 is 36.6 Å². The summed E-state index contributed by atoms with van der Waals surface area (Å²) in [7, 11) is 0. The first-order valence-electron chi connectivity index (χ1n) is 7.82. The van der Waals surface area contributed by atoms with E-state index in [0.717, 1.165) is 24.8 Å². The largest absolute Gasteiger partial charge is 0.346 e. The smallest absolute Gasteiger partial charge is 0.242 e. The normalized spacial score (nSPS) is 18.3. The molecule has 1 aromatic rings. The Kier molecular flexibility index (Phi) is 9.96. The van der Waals surface area contributed by atoms with Crippen LogP contribution in [0.15, 0.2) is 12.4 Å². The number of halogens is 2. The van der Waals surface area contributed by atoms with Crippen molar-refractivity contribution in [3.05, 3.63) is 18.0 Å². The van der Waals surface area contributed by atoms with Crippen molar-refractivity contribution in [1.29, 1.82) is 0 Å². The molecule has 1 saturated heterocycles. The Morgan fingerprint density at radius 2 is 2.12 bits per heavy atom. The highest BCUT2D eigenvalue weighted by molar-refractivity contribution is 5.87. The van der Waals surface area contributed by atoms with Crippen LogP contribution in [0.5, 0.6) is 0 Å². The Balaban J connectivity index is 0.00000264. The molecule has 4 N–H and O–H groups in total. The number of carbonyl (C=O) groups excluding carboxylic acids is 2. The van der Waals surface area contributed by atoms with E-state index in [4.69, 9.17) is 5.73 Å². The Morgan fingerprint density at radius 1 is 1.42 bits per heavy atom. The Morgan fingerprint density at radius 3 is 2.71 bits per heavy atom. The minimum atomic E-state index is -0.584. The molecule has 7 nitrogen and oxygen atoms in total. The molecule has 1 fully saturated rings. The minimum Gasteiger partial charge on any atom is -0.346 e. The van der Waals surface area contributed by atoms with Crippen molar-refractivity contribution in [3.63, 3.8) is 0 Å². The summed E-state index contributed by atoms with van der Waals surface area (Å²) >= 11 is 0. The zero-order valence-corrected chi connectivity index (χ0v) is 15.7. The average molecular weight is 380 g/mol. The van der Waals surface area contributed by atoms with Gasteiger partial charge in [0.2, 0.25) is 11.8 Å². The van der Waals surface area contributed by atoms with Crippen LogP contribution in [0.3, 0.4) is 0 Å². The van der Waals surface area contributed by atoms with Gasteiger partial charge in [-0.2, -0.15) is 5.10 Å². The fourth-order valence-corrected chi connectivity index (χ4v) is 2.70. The standard InChI is InChI=1S/C15H25N5O2.2ClH/c1-10(2)14(16)15(22)17-9-13(21)20-6-4-3-5-12(20)11-7-18-19-8-11;;/h7-8,10,12,14H,3-6,9,16H2,1-2H3,(H,17,22)(H,18,19);2*1H/t12?,14-;;/m0../s1. The minimum absolute atomic E-state index is 0. The molecule has 2 heterocycles. The van der Waals surface area contributed by atoms with Crippen LogP contribution in [0.25, 0.3) is 0 Å². The Hall–Kier alpha value is -1.31. The number of carbonyl (C=O) groups is 2. The van der Waals surface area contributed by atoms with Crippen LogP contribution in [0.2, 0.25) is 0 Å². The number of H-pyrrole nitrogens is 1. The zero-order chi connectivity index (χ0) is 16.1. The van der Waals surface area contributed by atoms with Crippen LogP contribution in [0.1, 0.15) is 44.7 Å². The molecule has 0 aliphatic carbocycles. The first-order valence-corrected chi connectivity index (χ1v) is 7.82. The van der Waals surface area contributed by atoms with Gasteiger partial charge in [-0.1, -0.05) is 13.8 Å². The maximum atomic E-state index is 12.4. The summed E-state index contributed by atoms with van der Waals surface area (Å²) in [6.45, 7) is 4.46. The van der Waals surface area contributed by atoms with Crippen molar-refractivity contribution < 1.29 is 9.59 Å². The summed E-state index contributed by atoms with van der Waals surface area (Å²) in [4.78, 5) is 26.1. The second-order valence-electron chi connectivity index (χ2n) is 6.12. The Labute approximate surface area is 154 Å². The number of nitrogens with one attached hydrogen (secondary N) is 2. The van der Waals surface area contributed by atoms with E-state index >= 15 is 0 Å². The molecule has 1 aromatic heterocycles. The van der Waals surface area contributed by atoms with Gasteiger partial charge in [-0.3, -0.25) is 14.7 Å². The summed E-state index contributed by atoms with van der Waals surface area (Å²) in [5.74, 6) is -0.306. The number of amides is 2. The van der Waals surface area contributed by atoms with E-state index in [1.165, 1.54) is 0 Å². The van der Waals surface area contributed by atoms with Crippen LogP contribution < -0.4 is 11.1 Å². The van der Waals surface area contributed by atoms with Crippen LogP contribution in [-0.2, 0) is 9.59 Å². The van der Waals surface area contributed by atoms with Crippen molar-refractivity contribution in [3.8, 4) is 0 Å². The van der Waals surface area contributed by atoms with E-state index in [9.17, 15) is 9.59 Å². The molecular formula is C15H27Cl2N5O2. The number of aromatic nitrogens is 2. The molecule has 9 heteroatoms. The third kappa shape index (κ3) is 5.65. The molecule has 2 rings (SSSR count). The SMILES string of the molecule is CC(C)[C@H](N)C(=O)NCC(=O)N1CCCCC1c1cn[nH]c1.Cl.Cl. The molecule has 0 radical (unpaired) electrons. The molecule has 2 atom stereocenters. The van der Waals surface area contributed by atoms with Crippen molar-refractivity contribution in [2.75, 3.05) is 13.1 Å². The highest BCUT2D eigenvalue weighted by Gasteiger charge is 2.29. The highest BCUT2D eigenvalue weighted by atomic mass is 35.5. The fraction of sp³-hybridized carbons (Fsp3) is 0.667. The molecule has 1 aliphatic heterocycles. The summed E-state index contributed by atoms with van der Waals surface area (Å²) in [5, 5.41) is 9.40. The predicted molar refractivity (Wildman–Crippen MR) is 97.2 cm³/mol. The van der Waals surface area contributed by atoms with E-state index in [-0.39, 0.29) is 55.1 Å². The van der Waals surface area contributed by atoms with Crippen molar-refractivity contribution in [2.24, 2.45) is 11.7 Å². The molecule has 1 aliphatic rings. The maximum Gasteiger partial charge on any atom is 0.242 e. The summed E-state index contributed by atoms with van der Waals surface area (Å²) in [6, 6.07) is -0.547. The van der Waals surface area contributed by atoms with E-state index in [1.807, 2.05) is 24.9 Å². The number of hydrogen-bond acceptors (Lipinski definition) is 4. The zero-order valence-electron chi connectivity index (χ0n) is 14.0. The molecule has 0 saturated carbocycles. The van der Waals surface area contributed by atoms with Gasteiger partial charge in [0.25, 0.3) is 0 Å². The molecule has 0 spiro atoms. The third-order valence-corrected chi connectivity index (χ3v) is 4.16. The first kappa shape index (κ1) is 22.7. The van der Waals surface area contributed by atoms with Gasteiger partial charge in [-0.15, -0.1) is 24.8 Å². The second kappa shape index (κ2) is 10.5. The van der Waals surface area contributed by atoms with E-state index in [0.29, 0.717) is 6.54 Å². The van der Waals surface area contributed by atoms with Gasteiger partial charge in [-0.05, 0) is 25.2 Å². The Bertz CT molecular complexity index is 510. The first-order chi connectivity index (χ1) is 10.5. The van der Waals surface area contributed by atoms with Crippen LogP contribution in [-0.4, -0.2) is 46.0 Å². The number of rotatable bonds is 5. The lowest BCUT2D eigenvalue weighted by Crippen LogP contribution is -2.49. The van der Waals surface area contributed by atoms with Gasteiger partial charge in [0.15, 0.2) is 0 Å². The molecule has 0 bridgehead atoms. The number of nitrogens with two attached hydrogens (primary N) is 1. The number of aromatic amines is 1. The number of nitrogens with zero attached hydrogens (tertiary/aromatic N) is 2. The van der Waals surface area contributed by atoms with E-state index in [2.05, 4.69) is 15.5 Å². The number of likely N-dealkylation sites (tertiary alicyclic amines) is 1.